The van der Waals surface area contributed by atoms with E-state index in [0.29, 0.717) is 0 Å². The molecule has 0 bridgehead atoms. The number of benzene rings is 21. The molecule has 0 unspecified atom stereocenters. The molecule has 9 aromatic heterocycles. The van der Waals surface area contributed by atoms with Gasteiger partial charge in [-0.25, -0.2) is 0 Å². The molecule has 0 aliphatic rings. The molecule has 0 N–H and O–H groups in total. The van der Waals surface area contributed by atoms with E-state index in [-0.39, 0.29) is 0 Å². The Labute approximate surface area is 788 Å². The third-order valence-corrected chi connectivity index (χ3v) is 29.0. The van der Waals surface area contributed by atoms with E-state index in [1.54, 1.807) is 0 Å². The number of furan rings is 5. The quantitative estimate of drug-likeness (QED) is 0.136. The molecule has 21 aromatic carbocycles. The molecule has 30 aromatic rings. The van der Waals surface area contributed by atoms with Crippen LogP contribution in [0.5, 0.6) is 0 Å². The van der Waals surface area contributed by atoms with Crippen LogP contribution in [0.15, 0.2) is 489 Å². The molecule has 8 nitrogen and oxygen atoms in total. The van der Waals surface area contributed by atoms with Crippen LogP contribution in [0.25, 0.3) is 279 Å². The highest BCUT2D eigenvalue weighted by Gasteiger charge is 2.29. The van der Waals surface area contributed by atoms with Crippen molar-refractivity contribution in [2.45, 2.75) is 0 Å². The molecule has 0 saturated carbocycles. The minimum Gasteiger partial charge on any atom is -0.456 e. The average Bonchev–Trinajstić information content (AvgIpc) is 1.55. The molecule has 9 heteroatoms. The maximum atomic E-state index is 6.86. The number of thiophene rings is 1. The van der Waals surface area contributed by atoms with E-state index in [1.165, 1.54) is 86.1 Å². The van der Waals surface area contributed by atoms with Crippen LogP contribution >= 0.6 is 11.3 Å². The Bertz CT molecular complexity index is 10100. The summed E-state index contributed by atoms with van der Waals surface area (Å²) in [4.78, 5) is 0. The number of hydrogen-bond acceptors (Lipinski definition) is 6. The Kier molecular flexibility index (Phi) is 17.8. The van der Waals surface area contributed by atoms with E-state index in [1.807, 2.05) is 11.3 Å². The van der Waals surface area contributed by atoms with E-state index in [0.717, 1.165) is 193 Å². The maximum absolute atomic E-state index is 6.86. The normalized spacial score (nSPS) is 11.9. The van der Waals surface area contributed by atoms with Crippen LogP contribution < -0.4 is 0 Å². The zero-order chi connectivity index (χ0) is 89.9. The lowest BCUT2D eigenvalue weighted by molar-refractivity contribution is 0.669. The molecular weight excluding hydrogens is 1690 g/mol. The predicted octanol–water partition coefficient (Wildman–Crippen LogP) is 36.7. The smallest absolute Gasteiger partial charge is 0.161 e. The fourth-order valence-electron chi connectivity index (χ4n) is 21.8. The lowest BCUT2D eigenvalue weighted by atomic mass is 9.90. The first-order valence-corrected chi connectivity index (χ1v) is 47.3. The van der Waals surface area contributed by atoms with Gasteiger partial charge < -0.3 is 35.8 Å². The first-order valence-electron chi connectivity index (χ1n) is 46.5. The van der Waals surface area contributed by atoms with Gasteiger partial charge in [0.15, 0.2) is 11.2 Å². The maximum Gasteiger partial charge on any atom is 0.161 e. The second-order valence-electron chi connectivity index (χ2n) is 35.4. The first-order chi connectivity index (χ1) is 68.0. The van der Waals surface area contributed by atoms with Gasteiger partial charge in [0, 0.05) is 103 Å². The molecule has 0 aliphatic heterocycles. The van der Waals surface area contributed by atoms with Crippen molar-refractivity contribution in [1.29, 1.82) is 0 Å². The molecule has 0 fully saturated rings. The van der Waals surface area contributed by atoms with Gasteiger partial charge in [0.05, 0.1) is 26.8 Å². The van der Waals surface area contributed by atoms with Crippen molar-refractivity contribution in [3.8, 4) is 95.0 Å². The Balaban J connectivity index is 0.000000102. The molecule has 0 spiro atoms. The fourth-order valence-corrected chi connectivity index (χ4v) is 23.1. The highest BCUT2D eigenvalue weighted by Crippen LogP contribution is 2.53. The van der Waals surface area contributed by atoms with Crippen LogP contribution in [0.1, 0.15) is 0 Å². The summed E-state index contributed by atoms with van der Waals surface area (Å²) in [5.41, 5.74) is 35.3. The molecular formula is C128H77N3O5S. The van der Waals surface area contributed by atoms with E-state index in [4.69, 9.17) is 22.1 Å². The monoisotopic (exact) mass is 1770 g/mol. The first kappa shape index (κ1) is 77.7. The summed E-state index contributed by atoms with van der Waals surface area (Å²) >= 11 is 1.89. The van der Waals surface area contributed by atoms with Crippen molar-refractivity contribution in [2.75, 3.05) is 0 Å². The summed E-state index contributed by atoms with van der Waals surface area (Å²) in [5, 5.41) is 18.6. The van der Waals surface area contributed by atoms with Gasteiger partial charge in [0.25, 0.3) is 0 Å². The van der Waals surface area contributed by atoms with E-state index in [9.17, 15) is 0 Å². The Morgan fingerprint density at radius 1 is 0.168 bits per heavy atom. The van der Waals surface area contributed by atoms with Crippen molar-refractivity contribution in [3.05, 3.63) is 467 Å². The topological polar surface area (TPSA) is 80.5 Å². The number of fused-ring (bicyclic) bond motifs is 27. The van der Waals surface area contributed by atoms with Gasteiger partial charge in [-0.2, -0.15) is 0 Å². The van der Waals surface area contributed by atoms with Gasteiger partial charge in [0.1, 0.15) is 55.7 Å². The standard InChI is InChI=1S/C44H27NOS.2C42H25NO2/c1-3-14-28(15-4-1)30-21-11-24-36-40-33(22-12-26-38(40)46-43(30)36)31-18-7-8-19-32(31)34-23-13-27-39-41(34)42-44(47-39)35-20-9-10-25-37(35)45(42)29-16-5-2-6-17-29;1-2-13-29(14-3-1)43-37-20-9-8-17-34(37)42-40(43)35-19-10-18-33(41(35)45-42)31-16-7-6-15-30(31)28-21-22-32-36-23-26-11-4-5-12-27(26)24-39(36)44-38(32)25-28;1-2-12-28(13-3-1)43-36-20-9-8-17-33(36)42-40(43)35-19-10-18-32(41(35)45-42)31-16-7-6-14-29(31)27-21-23-34-38(25-27)44-37-24-22-26-11-4-5-15-30(26)39(34)37/h1-27H;2*1-25H. The van der Waals surface area contributed by atoms with Crippen molar-refractivity contribution in [1.82, 2.24) is 13.7 Å². The lowest BCUT2D eigenvalue weighted by Gasteiger charge is -2.14. The number of rotatable bonds is 10. The summed E-state index contributed by atoms with van der Waals surface area (Å²) in [6.07, 6.45) is 0. The second-order valence-corrected chi connectivity index (χ2v) is 36.4. The Morgan fingerprint density at radius 3 is 1.14 bits per heavy atom. The Hall–Kier alpha value is -18.0. The van der Waals surface area contributed by atoms with Crippen molar-refractivity contribution in [3.63, 3.8) is 0 Å². The SMILES string of the molecule is c1ccc(-c2cccc3c2oc2cccc(-c4ccccc4-c4cccc5sc6c7ccccc7n(-c7ccccc7)c6c45)c23)cc1.c1ccc(-n2c3ccccc3c3oc4c(-c5ccccc5-c5ccc6c(c5)oc5cc7ccccc7cc56)cccc4c32)cc1.c1ccc(-n2c3ccccc3c3oc4c(-c5ccccc5-c5ccc6c(c5)oc5ccc7ccccc7c56)cccc4c32)cc1. The molecule has 0 saturated heterocycles. The van der Waals surface area contributed by atoms with Gasteiger partial charge >= 0.3 is 0 Å². The zero-order valence-electron chi connectivity index (χ0n) is 73.7. The summed E-state index contributed by atoms with van der Waals surface area (Å²) in [5.74, 6) is 0. The molecule has 0 amide bonds. The molecule has 0 aliphatic carbocycles. The zero-order valence-corrected chi connectivity index (χ0v) is 74.6. The van der Waals surface area contributed by atoms with Crippen LogP contribution in [0.4, 0.5) is 0 Å². The van der Waals surface area contributed by atoms with E-state index >= 15 is 0 Å². The molecule has 0 radical (unpaired) electrons. The summed E-state index contributed by atoms with van der Waals surface area (Å²) in [6, 6.07) is 166. The van der Waals surface area contributed by atoms with Crippen molar-refractivity contribution >= 4 is 196 Å². The van der Waals surface area contributed by atoms with Crippen LogP contribution in [0, 0.1) is 0 Å². The van der Waals surface area contributed by atoms with Gasteiger partial charge in [-0.1, -0.05) is 334 Å². The molecule has 137 heavy (non-hydrogen) atoms. The summed E-state index contributed by atoms with van der Waals surface area (Å²) in [7, 11) is 0. The molecule has 0 atom stereocenters. The lowest BCUT2D eigenvalue weighted by Crippen LogP contribution is -1.94. The average molecular weight is 1770 g/mol. The van der Waals surface area contributed by atoms with E-state index in [2.05, 4.69) is 481 Å². The van der Waals surface area contributed by atoms with Crippen LogP contribution in [-0.4, -0.2) is 13.7 Å². The van der Waals surface area contributed by atoms with Crippen LogP contribution in [0.2, 0.25) is 0 Å². The number of nitrogens with zero attached hydrogens (tertiary/aromatic N) is 3. The van der Waals surface area contributed by atoms with Crippen LogP contribution in [-0.2, 0) is 0 Å². The van der Waals surface area contributed by atoms with E-state index < -0.39 is 0 Å². The number of aromatic nitrogens is 3. The minimum atomic E-state index is 0.887. The summed E-state index contributed by atoms with van der Waals surface area (Å²) in [6.45, 7) is 0. The third-order valence-electron chi connectivity index (χ3n) is 27.8. The minimum absolute atomic E-state index is 0.887. The van der Waals surface area contributed by atoms with Gasteiger partial charge in [-0.3, -0.25) is 0 Å². The predicted molar refractivity (Wildman–Crippen MR) is 572 cm³/mol. The molecule has 9 heterocycles. The highest BCUT2D eigenvalue weighted by atomic mass is 32.1. The van der Waals surface area contributed by atoms with Crippen LogP contribution in [0.3, 0.4) is 0 Å². The summed E-state index contributed by atoms with van der Waals surface area (Å²) < 4.78 is 43.0. The van der Waals surface area contributed by atoms with Gasteiger partial charge in [0.2, 0.25) is 0 Å². The second kappa shape index (κ2) is 31.3. The van der Waals surface area contributed by atoms with Gasteiger partial charge in [-0.15, -0.1) is 11.3 Å². The Morgan fingerprint density at radius 2 is 0.555 bits per heavy atom. The third kappa shape index (κ3) is 12.3. The highest BCUT2D eigenvalue weighted by molar-refractivity contribution is 7.26. The molecule has 640 valence electrons. The number of para-hydroxylation sites is 9. The number of hydrogen-bond donors (Lipinski definition) is 0. The fraction of sp³-hybridized carbons (Fsp3) is 0. The van der Waals surface area contributed by atoms with Gasteiger partial charge in [-0.05, 0) is 216 Å². The molecule has 30 rings (SSSR count). The largest absolute Gasteiger partial charge is 0.456 e. The van der Waals surface area contributed by atoms with Crippen molar-refractivity contribution in [2.24, 2.45) is 0 Å². The van der Waals surface area contributed by atoms with Crippen molar-refractivity contribution < 1.29 is 22.1 Å².